The van der Waals surface area contributed by atoms with Gasteiger partial charge in [-0.25, -0.2) is 13.6 Å². The Hall–Kier alpha value is -2.67. The van der Waals surface area contributed by atoms with Crippen LogP contribution in [0.3, 0.4) is 0 Å². The number of hydrogen-bond acceptors (Lipinski definition) is 3. The Labute approximate surface area is 157 Å². The fourth-order valence-corrected chi connectivity index (χ4v) is 3.79. The summed E-state index contributed by atoms with van der Waals surface area (Å²) in [5.74, 6) is -0.696. The molecule has 2 aliphatic heterocycles. The Morgan fingerprint density at radius 2 is 1.74 bits per heavy atom. The minimum absolute atomic E-state index is 0.126. The molecule has 1 N–H and O–H groups in total. The lowest BCUT2D eigenvalue weighted by atomic mass is 10.1. The van der Waals surface area contributed by atoms with E-state index in [0.29, 0.717) is 24.5 Å². The molecule has 5 nitrogen and oxygen atoms in total. The van der Waals surface area contributed by atoms with Gasteiger partial charge in [-0.2, -0.15) is 0 Å². The van der Waals surface area contributed by atoms with Crippen molar-refractivity contribution in [3.05, 3.63) is 54.1 Å². The molecule has 2 heterocycles. The van der Waals surface area contributed by atoms with Gasteiger partial charge in [-0.3, -0.25) is 4.90 Å². The molecule has 0 radical (unpaired) electrons. The van der Waals surface area contributed by atoms with Crippen molar-refractivity contribution in [1.82, 2.24) is 10.2 Å². The quantitative estimate of drug-likeness (QED) is 0.879. The molecule has 1 atom stereocenters. The number of nitrogens with one attached hydrogen (secondary N) is 1. The van der Waals surface area contributed by atoms with E-state index in [4.69, 9.17) is 0 Å². The maximum absolute atomic E-state index is 13.9. The van der Waals surface area contributed by atoms with Crippen molar-refractivity contribution in [3.63, 3.8) is 0 Å². The van der Waals surface area contributed by atoms with Crippen LogP contribution in [0, 0.1) is 11.6 Å². The Balaban J connectivity index is 1.61. The number of fused-ring (bicyclic) bond motifs is 1. The molecule has 0 unspecified atom stereocenters. The second-order valence-corrected chi connectivity index (χ2v) is 7.11. The van der Waals surface area contributed by atoms with Crippen molar-refractivity contribution in [1.29, 1.82) is 0 Å². The third-order valence-electron chi connectivity index (χ3n) is 5.17. The van der Waals surface area contributed by atoms with E-state index in [2.05, 4.69) is 10.2 Å². The van der Waals surface area contributed by atoms with Crippen LogP contribution >= 0.6 is 0 Å². The molecular formula is C20H22F2N4O. The summed E-state index contributed by atoms with van der Waals surface area (Å²) in [5, 5.41) is 3.08. The number of nitrogens with zero attached hydrogens (tertiary/aromatic N) is 3. The van der Waals surface area contributed by atoms with Crippen LogP contribution in [0.2, 0.25) is 0 Å². The van der Waals surface area contributed by atoms with Gasteiger partial charge in [0.2, 0.25) is 0 Å². The first-order valence-electron chi connectivity index (χ1n) is 9.10. The molecule has 1 saturated heterocycles. The van der Waals surface area contributed by atoms with E-state index in [9.17, 15) is 13.6 Å². The highest BCUT2D eigenvalue weighted by Crippen LogP contribution is 2.38. The summed E-state index contributed by atoms with van der Waals surface area (Å²) in [6.07, 6.45) is 0.925. The van der Waals surface area contributed by atoms with E-state index in [1.807, 2.05) is 11.9 Å². The number of halogens is 2. The molecule has 2 aliphatic rings. The molecule has 2 aromatic carbocycles. The highest BCUT2D eigenvalue weighted by atomic mass is 19.1. The lowest BCUT2D eigenvalue weighted by Crippen LogP contribution is -2.50. The van der Waals surface area contributed by atoms with Gasteiger partial charge in [0.25, 0.3) is 0 Å². The third-order valence-corrected chi connectivity index (χ3v) is 5.17. The van der Waals surface area contributed by atoms with Crippen LogP contribution in [-0.4, -0.2) is 50.2 Å². The summed E-state index contributed by atoms with van der Waals surface area (Å²) < 4.78 is 27.2. The topological polar surface area (TPSA) is 38.8 Å². The van der Waals surface area contributed by atoms with E-state index >= 15 is 0 Å². The maximum Gasteiger partial charge on any atom is 0.322 e. The van der Waals surface area contributed by atoms with Crippen LogP contribution in [-0.2, 0) is 0 Å². The third kappa shape index (κ3) is 3.60. The lowest BCUT2D eigenvalue weighted by molar-refractivity contribution is 0.242. The van der Waals surface area contributed by atoms with Crippen molar-refractivity contribution in [2.24, 2.45) is 0 Å². The summed E-state index contributed by atoms with van der Waals surface area (Å²) in [4.78, 5) is 18.6. The first-order chi connectivity index (χ1) is 13.0. The fraction of sp³-hybridized carbons (Fsp3) is 0.350. The zero-order chi connectivity index (χ0) is 19.0. The SMILES string of the molecule is CN1CC[C@@H](NC(=O)N2CCN(c3ccc(F)cc3)c3cc(F)ccc32)C1. The summed E-state index contributed by atoms with van der Waals surface area (Å²) in [6.45, 7) is 2.76. The second-order valence-electron chi connectivity index (χ2n) is 7.11. The van der Waals surface area contributed by atoms with Crippen LogP contribution in [0.15, 0.2) is 42.5 Å². The Morgan fingerprint density at radius 1 is 1.00 bits per heavy atom. The van der Waals surface area contributed by atoms with Crippen LogP contribution < -0.4 is 15.1 Å². The molecule has 0 aliphatic carbocycles. The van der Waals surface area contributed by atoms with Gasteiger partial charge in [0.05, 0.1) is 11.4 Å². The molecule has 4 rings (SSSR count). The van der Waals surface area contributed by atoms with Crippen LogP contribution in [0.4, 0.5) is 30.6 Å². The number of amides is 2. The van der Waals surface area contributed by atoms with Crippen molar-refractivity contribution in [2.45, 2.75) is 12.5 Å². The van der Waals surface area contributed by atoms with Crippen LogP contribution in [0.25, 0.3) is 0 Å². The van der Waals surface area contributed by atoms with Crippen molar-refractivity contribution in [3.8, 4) is 0 Å². The molecule has 0 saturated carbocycles. The average molecular weight is 372 g/mol. The van der Waals surface area contributed by atoms with Gasteiger partial charge in [0, 0.05) is 31.4 Å². The van der Waals surface area contributed by atoms with Gasteiger partial charge < -0.3 is 15.1 Å². The van der Waals surface area contributed by atoms with Crippen molar-refractivity contribution < 1.29 is 13.6 Å². The van der Waals surface area contributed by atoms with E-state index in [-0.39, 0.29) is 23.7 Å². The molecule has 7 heteroatoms. The molecule has 27 heavy (non-hydrogen) atoms. The highest BCUT2D eigenvalue weighted by molar-refractivity contribution is 5.98. The van der Waals surface area contributed by atoms with Gasteiger partial charge >= 0.3 is 6.03 Å². The van der Waals surface area contributed by atoms with Gasteiger partial charge in [0.1, 0.15) is 11.6 Å². The monoisotopic (exact) mass is 372 g/mol. The van der Waals surface area contributed by atoms with E-state index in [0.717, 1.165) is 25.2 Å². The Morgan fingerprint density at radius 3 is 2.44 bits per heavy atom. The average Bonchev–Trinajstić information content (AvgIpc) is 3.06. The minimum Gasteiger partial charge on any atom is -0.338 e. The zero-order valence-corrected chi connectivity index (χ0v) is 15.2. The van der Waals surface area contributed by atoms with Gasteiger partial charge in [-0.1, -0.05) is 0 Å². The number of likely N-dealkylation sites (N-methyl/N-ethyl adjacent to an activating group) is 1. The van der Waals surface area contributed by atoms with Gasteiger partial charge in [-0.15, -0.1) is 0 Å². The highest BCUT2D eigenvalue weighted by Gasteiger charge is 2.30. The minimum atomic E-state index is -0.375. The molecular weight excluding hydrogens is 350 g/mol. The predicted molar refractivity (Wildman–Crippen MR) is 102 cm³/mol. The maximum atomic E-state index is 13.9. The fourth-order valence-electron chi connectivity index (χ4n) is 3.79. The summed E-state index contributed by atoms with van der Waals surface area (Å²) in [7, 11) is 2.03. The van der Waals surface area contributed by atoms with Gasteiger partial charge in [0.15, 0.2) is 0 Å². The number of carbonyl (C=O) groups is 1. The molecule has 2 aromatic rings. The van der Waals surface area contributed by atoms with Crippen LogP contribution in [0.5, 0.6) is 0 Å². The second kappa shape index (κ2) is 7.15. The van der Waals surface area contributed by atoms with E-state index in [1.165, 1.54) is 24.3 Å². The number of urea groups is 1. The Kier molecular flexibility index (Phi) is 4.70. The van der Waals surface area contributed by atoms with Gasteiger partial charge in [-0.05, 0) is 62.5 Å². The first kappa shape index (κ1) is 17.7. The molecule has 0 bridgehead atoms. The van der Waals surface area contributed by atoms with Crippen molar-refractivity contribution in [2.75, 3.05) is 43.0 Å². The normalized spacial score (nSPS) is 19.9. The number of anilines is 3. The lowest BCUT2D eigenvalue weighted by Gasteiger charge is -2.38. The zero-order valence-electron chi connectivity index (χ0n) is 15.2. The summed E-state index contributed by atoms with van der Waals surface area (Å²) in [6, 6.07) is 10.4. The molecule has 142 valence electrons. The summed E-state index contributed by atoms with van der Waals surface area (Å²) in [5.41, 5.74) is 2.02. The van der Waals surface area contributed by atoms with Crippen molar-refractivity contribution >= 4 is 23.1 Å². The largest absolute Gasteiger partial charge is 0.338 e. The standard InChI is InChI=1S/C20H22F2N4O/c1-24-9-8-16(13-24)23-20(27)26-11-10-25(17-5-2-14(21)3-6-17)19-12-15(22)4-7-18(19)26/h2-7,12,16H,8-11,13H2,1H3,(H,23,27)/t16-/m1/s1. The molecule has 0 aromatic heterocycles. The number of likely N-dealkylation sites (tertiary alicyclic amines) is 1. The van der Waals surface area contributed by atoms with E-state index in [1.54, 1.807) is 23.1 Å². The number of benzene rings is 2. The predicted octanol–water partition coefficient (Wildman–Crippen LogP) is 3.34. The first-order valence-corrected chi connectivity index (χ1v) is 9.10. The molecule has 2 amide bonds. The number of carbonyl (C=O) groups excluding carboxylic acids is 1. The molecule has 0 spiro atoms. The smallest absolute Gasteiger partial charge is 0.322 e. The molecule has 1 fully saturated rings. The number of rotatable bonds is 2. The summed E-state index contributed by atoms with van der Waals surface area (Å²) >= 11 is 0. The number of hydrogen-bond donors (Lipinski definition) is 1. The Bertz CT molecular complexity index is 842. The van der Waals surface area contributed by atoms with E-state index < -0.39 is 0 Å². The van der Waals surface area contributed by atoms with Crippen LogP contribution in [0.1, 0.15) is 6.42 Å².